The molecule has 0 aromatic heterocycles. The molecule has 0 fully saturated rings. The minimum atomic E-state index is 0.786. The lowest BCUT2D eigenvalue weighted by molar-refractivity contribution is 1.10. The summed E-state index contributed by atoms with van der Waals surface area (Å²) in [6.07, 6.45) is 1.08. The quantitative estimate of drug-likeness (QED) is 0.682. The average molecular weight is 245 g/mol. The van der Waals surface area contributed by atoms with Crippen LogP contribution in [0.4, 0.5) is 0 Å². The van der Waals surface area contributed by atoms with E-state index in [9.17, 15) is 0 Å². The van der Waals surface area contributed by atoms with Gasteiger partial charge in [-0.2, -0.15) is 0 Å². The standard InChI is InChI=1S/C16H17Cl/c1-4-13-10-16(12(3)9-11(13)2)14-5-7-15(17)8-6-14/h5-10H,4H2,1-3H3. The topological polar surface area (TPSA) is 0 Å². The van der Waals surface area contributed by atoms with E-state index < -0.39 is 0 Å². The number of hydrogen-bond acceptors (Lipinski definition) is 0. The smallest absolute Gasteiger partial charge is 0.0406 e. The Kier molecular flexibility index (Phi) is 3.54. The van der Waals surface area contributed by atoms with Gasteiger partial charge in [-0.3, -0.25) is 0 Å². The maximum Gasteiger partial charge on any atom is 0.0406 e. The largest absolute Gasteiger partial charge is 0.0843 e. The second kappa shape index (κ2) is 4.93. The molecule has 2 rings (SSSR count). The Balaban J connectivity index is 2.55. The van der Waals surface area contributed by atoms with Crippen molar-refractivity contribution in [2.75, 3.05) is 0 Å². The second-order valence-corrected chi connectivity index (χ2v) is 4.89. The summed E-state index contributed by atoms with van der Waals surface area (Å²) in [6, 6.07) is 12.6. The van der Waals surface area contributed by atoms with Crippen molar-refractivity contribution in [3.05, 3.63) is 58.1 Å². The van der Waals surface area contributed by atoms with Crippen molar-refractivity contribution in [2.45, 2.75) is 27.2 Å². The van der Waals surface area contributed by atoms with E-state index in [1.54, 1.807) is 0 Å². The van der Waals surface area contributed by atoms with Crippen molar-refractivity contribution in [1.82, 2.24) is 0 Å². The molecule has 0 heterocycles. The van der Waals surface area contributed by atoms with E-state index in [0.717, 1.165) is 11.4 Å². The van der Waals surface area contributed by atoms with E-state index in [-0.39, 0.29) is 0 Å². The first-order valence-corrected chi connectivity index (χ1v) is 6.35. The summed E-state index contributed by atoms with van der Waals surface area (Å²) in [5.41, 5.74) is 6.66. The van der Waals surface area contributed by atoms with Crippen LogP contribution < -0.4 is 0 Å². The minimum Gasteiger partial charge on any atom is -0.0843 e. The zero-order valence-corrected chi connectivity index (χ0v) is 11.3. The molecule has 0 radical (unpaired) electrons. The van der Waals surface area contributed by atoms with Gasteiger partial charge in [-0.1, -0.05) is 42.8 Å². The van der Waals surface area contributed by atoms with E-state index in [2.05, 4.69) is 45.0 Å². The van der Waals surface area contributed by atoms with Gasteiger partial charge in [0.2, 0.25) is 0 Å². The van der Waals surface area contributed by atoms with Crippen LogP contribution >= 0.6 is 11.6 Å². The van der Waals surface area contributed by atoms with Gasteiger partial charge in [0, 0.05) is 5.02 Å². The van der Waals surface area contributed by atoms with Crippen LogP contribution in [0.5, 0.6) is 0 Å². The number of aryl methyl sites for hydroxylation is 3. The average Bonchev–Trinajstić information content (AvgIpc) is 2.31. The zero-order chi connectivity index (χ0) is 12.4. The lowest BCUT2D eigenvalue weighted by Crippen LogP contribution is -1.91. The molecule has 0 saturated heterocycles. The highest BCUT2D eigenvalue weighted by atomic mass is 35.5. The Bertz CT molecular complexity index is 524. The number of rotatable bonds is 2. The van der Waals surface area contributed by atoms with Gasteiger partial charge in [0.25, 0.3) is 0 Å². The predicted molar refractivity (Wildman–Crippen MR) is 75.7 cm³/mol. The maximum absolute atomic E-state index is 5.92. The van der Waals surface area contributed by atoms with Crippen LogP contribution in [0.15, 0.2) is 36.4 Å². The van der Waals surface area contributed by atoms with Crippen molar-refractivity contribution in [3.63, 3.8) is 0 Å². The highest BCUT2D eigenvalue weighted by Crippen LogP contribution is 2.27. The van der Waals surface area contributed by atoms with Gasteiger partial charge in [0.05, 0.1) is 0 Å². The van der Waals surface area contributed by atoms with Gasteiger partial charge < -0.3 is 0 Å². The molecular weight excluding hydrogens is 228 g/mol. The van der Waals surface area contributed by atoms with Crippen LogP contribution in [-0.4, -0.2) is 0 Å². The first-order valence-electron chi connectivity index (χ1n) is 5.98. The van der Waals surface area contributed by atoms with Crippen molar-refractivity contribution < 1.29 is 0 Å². The molecule has 0 spiro atoms. The van der Waals surface area contributed by atoms with Crippen molar-refractivity contribution >= 4 is 11.6 Å². The highest BCUT2D eigenvalue weighted by molar-refractivity contribution is 6.30. The van der Waals surface area contributed by atoms with Crippen molar-refractivity contribution in [3.8, 4) is 11.1 Å². The van der Waals surface area contributed by atoms with Gasteiger partial charge in [0.15, 0.2) is 0 Å². The van der Waals surface area contributed by atoms with Gasteiger partial charge in [0.1, 0.15) is 0 Å². The monoisotopic (exact) mass is 244 g/mol. The summed E-state index contributed by atoms with van der Waals surface area (Å²) in [4.78, 5) is 0. The predicted octanol–water partition coefficient (Wildman–Crippen LogP) is 5.19. The first-order chi connectivity index (χ1) is 8.11. The number of halogens is 1. The van der Waals surface area contributed by atoms with Gasteiger partial charge in [-0.15, -0.1) is 0 Å². The number of hydrogen-bond donors (Lipinski definition) is 0. The van der Waals surface area contributed by atoms with Crippen LogP contribution in [-0.2, 0) is 6.42 Å². The Morgan fingerprint density at radius 1 is 0.941 bits per heavy atom. The number of benzene rings is 2. The molecule has 0 aliphatic heterocycles. The Morgan fingerprint density at radius 2 is 1.59 bits per heavy atom. The molecule has 0 bridgehead atoms. The molecule has 0 nitrogen and oxygen atoms in total. The summed E-state index contributed by atoms with van der Waals surface area (Å²) in [6.45, 7) is 6.54. The lowest BCUT2D eigenvalue weighted by atomic mass is 9.94. The van der Waals surface area contributed by atoms with E-state index >= 15 is 0 Å². The first kappa shape index (κ1) is 12.2. The molecule has 88 valence electrons. The van der Waals surface area contributed by atoms with Crippen LogP contribution in [0.2, 0.25) is 5.02 Å². The van der Waals surface area contributed by atoms with Crippen LogP contribution in [0.25, 0.3) is 11.1 Å². The molecular formula is C16H17Cl. The third-order valence-electron chi connectivity index (χ3n) is 3.22. The molecule has 17 heavy (non-hydrogen) atoms. The molecule has 0 atom stereocenters. The molecule has 2 aromatic rings. The Morgan fingerprint density at radius 3 is 2.18 bits per heavy atom. The summed E-state index contributed by atoms with van der Waals surface area (Å²) >= 11 is 5.92. The van der Waals surface area contributed by atoms with E-state index in [1.807, 2.05) is 12.1 Å². The minimum absolute atomic E-state index is 0.786. The fourth-order valence-corrected chi connectivity index (χ4v) is 2.34. The molecule has 0 aliphatic rings. The zero-order valence-electron chi connectivity index (χ0n) is 10.5. The molecule has 0 amide bonds. The fraction of sp³-hybridized carbons (Fsp3) is 0.250. The van der Waals surface area contributed by atoms with Gasteiger partial charge in [-0.05, 0) is 60.2 Å². The van der Waals surface area contributed by atoms with Crippen LogP contribution in [0.3, 0.4) is 0 Å². The molecule has 0 aliphatic carbocycles. The van der Waals surface area contributed by atoms with Crippen LogP contribution in [0, 0.1) is 13.8 Å². The van der Waals surface area contributed by atoms with E-state index in [0.29, 0.717) is 0 Å². The SMILES string of the molecule is CCc1cc(-c2ccc(Cl)cc2)c(C)cc1C. The normalized spacial score (nSPS) is 10.6. The highest BCUT2D eigenvalue weighted by Gasteiger charge is 2.05. The lowest BCUT2D eigenvalue weighted by Gasteiger charge is -2.11. The molecule has 0 unspecified atom stereocenters. The second-order valence-electron chi connectivity index (χ2n) is 4.45. The summed E-state index contributed by atoms with van der Waals surface area (Å²) in [7, 11) is 0. The van der Waals surface area contributed by atoms with Crippen molar-refractivity contribution in [1.29, 1.82) is 0 Å². The van der Waals surface area contributed by atoms with Gasteiger partial charge >= 0.3 is 0 Å². The van der Waals surface area contributed by atoms with Crippen LogP contribution in [0.1, 0.15) is 23.6 Å². The third-order valence-corrected chi connectivity index (χ3v) is 3.47. The van der Waals surface area contributed by atoms with E-state index in [1.165, 1.54) is 27.8 Å². The maximum atomic E-state index is 5.92. The summed E-state index contributed by atoms with van der Waals surface area (Å²) < 4.78 is 0. The molecule has 1 heteroatoms. The molecule has 0 N–H and O–H groups in total. The Labute approximate surface area is 108 Å². The summed E-state index contributed by atoms with van der Waals surface area (Å²) in [5.74, 6) is 0. The molecule has 2 aromatic carbocycles. The van der Waals surface area contributed by atoms with Crippen molar-refractivity contribution in [2.24, 2.45) is 0 Å². The fourth-order valence-electron chi connectivity index (χ4n) is 2.22. The van der Waals surface area contributed by atoms with E-state index in [4.69, 9.17) is 11.6 Å². The summed E-state index contributed by atoms with van der Waals surface area (Å²) in [5, 5.41) is 0.786. The third kappa shape index (κ3) is 2.53. The Hall–Kier alpha value is -1.27. The van der Waals surface area contributed by atoms with Gasteiger partial charge in [-0.25, -0.2) is 0 Å². The molecule has 0 saturated carbocycles.